The Morgan fingerprint density at radius 3 is 3.07 bits per heavy atom. The van der Waals surface area contributed by atoms with Crippen LogP contribution in [0, 0.1) is 0 Å². The van der Waals surface area contributed by atoms with E-state index in [9.17, 15) is 4.79 Å². The van der Waals surface area contributed by atoms with E-state index in [0.29, 0.717) is 0 Å². The average Bonchev–Trinajstić information content (AvgIpc) is 2.27. The summed E-state index contributed by atoms with van der Waals surface area (Å²) in [5.41, 5.74) is 2.38. The molecule has 74 valence electrons. The summed E-state index contributed by atoms with van der Waals surface area (Å²) in [6, 6.07) is 5.96. The van der Waals surface area contributed by atoms with Crippen LogP contribution in [-0.2, 0) is 11.2 Å². The topological polar surface area (TPSA) is 26.3 Å². The number of carbonyl (C=O) groups is 1. The number of fused-ring (bicyclic) bond motifs is 1. The van der Waals surface area contributed by atoms with Gasteiger partial charge in [0.15, 0.2) is 0 Å². The van der Waals surface area contributed by atoms with E-state index in [1.807, 2.05) is 18.2 Å². The minimum Gasteiger partial charge on any atom is -0.496 e. The molecule has 0 saturated heterocycles. The first-order valence-corrected chi connectivity index (χ1v) is 4.98. The van der Waals surface area contributed by atoms with Crippen LogP contribution >= 0.6 is 0 Å². The van der Waals surface area contributed by atoms with Gasteiger partial charge < -0.3 is 9.53 Å². The maximum Gasteiger partial charge on any atom is 0.127 e. The predicted molar refractivity (Wildman–Crippen MR) is 54.7 cm³/mol. The first-order chi connectivity index (χ1) is 6.86. The summed E-state index contributed by atoms with van der Waals surface area (Å²) in [7, 11) is 1.68. The average molecular weight is 190 g/mol. The summed E-state index contributed by atoms with van der Waals surface area (Å²) in [4.78, 5) is 10.9. The van der Waals surface area contributed by atoms with Crippen LogP contribution in [0.3, 0.4) is 0 Å². The third-order valence-corrected chi connectivity index (χ3v) is 2.89. The molecule has 0 spiro atoms. The molecule has 1 aromatic rings. The van der Waals surface area contributed by atoms with Gasteiger partial charge in [0.1, 0.15) is 12.0 Å². The molecule has 0 bridgehead atoms. The third-order valence-electron chi connectivity index (χ3n) is 2.89. The Morgan fingerprint density at radius 2 is 2.36 bits per heavy atom. The number of methoxy groups -OCH3 is 1. The molecule has 0 heterocycles. The van der Waals surface area contributed by atoms with Crippen molar-refractivity contribution in [3.63, 3.8) is 0 Å². The number of hydrogen-bond donors (Lipinski definition) is 0. The summed E-state index contributed by atoms with van der Waals surface area (Å²) in [6.45, 7) is 0. The summed E-state index contributed by atoms with van der Waals surface area (Å²) in [5.74, 6) is 1.00. The maximum atomic E-state index is 10.9. The molecule has 0 radical (unpaired) electrons. The number of carbonyl (C=O) groups excluding carboxylic acids is 1. The molecular weight excluding hydrogens is 176 g/mol. The van der Waals surface area contributed by atoms with E-state index in [1.165, 1.54) is 5.56 Å². The van der Waals surface area contributed by atoms with E-state index in [-0.39, 0.29) is 5.92 Å². The zero-order valence-corrected chi connectivity index (χ0v) is 8.32. The largest absolute Gasteiger partial charge is 0.496 e. The summed E-state index contributed by atoms with van der Waals surface area (Å²) in [5, 5.41) is 0. The minimum atomic E-state index is 0.0776. The molecule has 2 heteroatoms. The summed E-state index contributed by atoms with van der Waals surface area (Å²) in [6.07, 6.45) is 4.14. The fourth-order valence-electron chi connectivity index (χ4n) is 2.18. The third kappa shape index (κ3) is 1.41. The Hall–Kier alpha value is -1.31. The lowest BCUT2D eigenvalue weighted by molar-refractivity contribution is -0.109. The monoisotopic (exact) mass is 190 g/mol. The van der Waals surface area contributed by atoms with E-state index in [4.69, 9.17) is 4.74 Å². The van der Waals surface area contributed by atoms with Gasteiger partial charge in [0, 0.05) is 5.92 Å². The first-order valence-electron chi connectivity index (χ1n) is 4.98. The Morgan fingerprint density at radius 1 is 1.50 bits per heavy atom. The molecule has 1 aliphatic rings. The van der Waals surface area contributed by atoms with Gasteiger partial charge in [-0.25, -0.2) is 0 Å². The van der Waals surface area contributed by atoms with Crippen molar-refractivity contribution in [1.82, 2.24) is 0 Å². The van der Waals surface area contributed by atoms with Crippen molar-refractivity contribution in [3.8, 4) is 5.75 Å². The maximum absolute atomic E-state index is 10.9. The lowest BCUT2D eigenvalue weighted by Gasteiger charge is -2.22. The molecule has 2 nitrogen and oxygen atoms in total. The Balaban J connectivity index is 2.48. The van der Waals surface area contributed by atoms with Gasteiger partial charge in [-0.3, -0.25) is 0 Å². The number of ether oxygens (including phenoxy) is 1. The van der Waals surface area contributed by atoms with Gasteiger partial charge >= 0.3 is 0 Å². The highest BCUT2D eigenvalue weighted by atomic mass is 16.5. The van der Waals surface area contributed by atoms with Gasteiger partial charge in [-0.15, -0.1) is 0 Å². The van der Waals surface area contributed by atoms with E-state index in [1.54, 1.807) is 7.11 Å². The number of hydrogen-bond acceptors (Lipinski definition) is 2. The molecule has 14 heavy (non-hydrogen) atoms. The molecule has 0 fully saturated rings. The zero-order valence-electron chi connectivity index (χ0n) is 8.32. The minimum absolute atomic E-state index is 0.0776. The van der Waals surface area contributed by atoms with Crippen molar-refractivity contribution in [2.24, 2.45) is 0 Å². The van der Waals surface area contributed by atoms with Crippen LogP contribution in [0.15, 0.2) is 18.2 Å². The lowest BCUT2D eigenvalue weighted by atomic mass is 9.83. The highest BCUT2D eigenvalue weighted by Gasteiger charge is 2.21. The van der Waals surface area contributed by atoms with Crippen LogP contribution in [0.5, 0.6) is 5.75 Å². The van der Waals surface area contributed by atoms with Crippen LogP contribution in [0.1, 0.15) is 29.9 Å². The zero-order chi connectivity index (χ0) is 9.97. The molecule has 0 aromatic heterocycles. The highest BCUT2D eigenvalue weighted by Crippen LogP contribution is 2.35. The second kappa shape index (κ2) is 3.82. The Bertz CT molecular complexity index is 344. The SMILES string of the molecule is COc1cccc2c1CCCC2C=O. The molecule has 1 unspecified atom stereocenters. The van der Waals surface area contributed by atoms with E-state index in [0.717, 1.165) is 36.9 Å². The quantitative estimate of drug-likeness (QED) is 0.669. The number of benzene rings is 1. The summed E-state index contributed by atoms with van der Waals surface area (Å²) >= 11 is 0. The predicted octanol–water partition coefficient (Wildman–Crippen LogP) is 2.31. The first kappa shape index (κ1) is 9.25. The van der Waals surface area contributed by atoms with Crippen molar-refractivity contribution < 1.29 is 9.53 Å². The molecule has 0 amide bonds. The van der Waals surface area contributed by atoms with Crippen LogP contribution in [0.25, 0.3) is 0 Å². The fraction of sp³-hybridized carbons (Fsp3) is 0.417. The van der Waals surface area contributed by atoms with Crippen LogP contribution in [0.4, 0.5) is 0 Å². The number of rotatable bonds is 2. The van der Waals surface area contributed by atoms with Crippen molar-refractivity contribution in [1.29, 1.82) is 0 Å². The van der Waals surface area contributed by atoms with E-state index < -0.39 is 0 Å². The van der Waals surface area contributed by atoms with Gasteiger partial charge in [0.25, 0.3) is 0 Å². The van der Waals surface area contributed by atoms with E-state index in [2.05, 4.69) is 0 Å². The molecule has 0 saturated carbocycles. The number of aldehydes is 1. The fourth-order valence-corrected chi connectivity index (χ4v) is 2.18. The van der Waals surface area contributed by atoms with Gasteiger partial charge in [-0.05, 0) is 36.5 Å². The molecule has 0 N–H and O–H groups in total. The van der Waals surface area contributed by atoms with Crippen LogP contribution < -0.4 is 4.74 Å². The molecule has 1 atom stereocenters. The normalized spacial score (nSPS) is 19.9. The lowest BCUT2D eigenvalue weighted by Crippen LogP contribution is -2.11. The second-order valence-electron chi connectivity index (χ2n) is 3.66. The summed E-state index contributed by atoms with van der Waals surface area (Å²) < 4.78 is 5.29. The van der Waals surface area contributed by atoms with Crippen molar-refractivity contribution in [2.45, 2.75) is 25.2 Å². The van der Waals surface area contributed by atoms with Crippen molar-refractivity contribution in [2.75, 3.05) is 7.11 Å². The van der Waals surface area contributed by atoms with Crippen molar-refractivity contribution >= 4 is 6.29 Å². The van der Waals surface area contributed by atoms with Gasteiger partial charge in [0.2, 0.25) is 0 Å². The second-order valence-corrected chi connectivity index (χ2v) is 3.66. The Kier molecular flexibility index (Phi) is 2.53. The standard InChI is InChI=1S/C12H14O2/c1-14-12-7-3-5-10-9(8-13)4-2-6-11(10)12/h3,5,7-9H,2,4,6H2,1H3. The van der Waals surface area contributed by atoms with Gasteiger partial charge in [0.05, 0.1) is 7.11 Å². The van der Waals surface area contributed by atoms with Crippen LogP contribution in [-0.4, -0.2) is 13.4 Å². The molecule has 1 aromatic carbocycles. The molecule has 2 rings (SSSR count). The molecule has 1 aliphatic carbocycles. The van der Waals surface area contributed by atoms with Crippen molar-refractivity contribution in [3.05, 3.63) is 29.3 Å². The highest BCUT2D eigenvalue weighted by molar-refractivity contribution is 5.65. The van der Waals surface area contributed by atoms with E-state index >= 15 is 0 Å². The Labute approximate surface area is 83.9 Å². The van der Waals surface area contributed by atoms with Gasteiger partial charge in [-0.1, -0.05) is 12.1 Å². The molecular formula is C12H14O2. The molecule has 0 aliphatic heterocycles. The van der Waals surface area contributed by atoms with Crippen LogP contribution in [0.2, 0.25) is 0 Å². The smallest absolute Gasteiger partial charge is 0.127 e. The van der Waals surface area contributed by atoms with Gasteiger partial charge in [-0.2, -0.15) is 0 Å².